The number of esters is 1. The molecule has 1 rings (SSSR count). The molecule has 0 bridgehead atoms. The van der Waals surface area contributed by atoms with Gasteiger partial charge in [0, 0.05) is 16.7 Å². The monoisotopic (exact) mass is 334 g/mol. The number of ether oxygens (including phenoxy) is 1. The molecule has 0 spiro atoms. The normalized spacial score (nSPS) is 13.7. The lowest BCUT2D eigenvalue weighted by molar-refractivity contribution is -0.386. The summed E-state index contributed by atoms with van der Waals surface area (Å²) in [5, 5.41) is 20.6. The van der Waals surface area contributed by atoms with E-state index in [9.17, 15) is 24.8 Å². The Morgan fingerprint density at radius 2 is 2.26 bits per heavy atom. The molecular formula is C10H11BrN2O6. The average molecular weight is 335 g/mol. The molecule has 1 aromatic rings. The van der Waals surface area contributed by atoms with Crippen LogP contribution in [0, 0.1) is 10.1 Å². The van der Waals surface area contributed by atoms with Crippen LogP contribution in [0.5, 0.6) is 0 Å². The van der Waals surface area contributed by atoms with Crippen molar-refractivity contribution in [1.82, 2.24) is 4.57 Å². The van der Waals surface area contributed by atoms with E-state index < -0.39 is 34.3 Å². The van der Waals surface area contributed by atoms with Crippen LogP contribution in [0.1, 0.15) is 6.92 Å². The summed E-state index contributed by atoms with van der Waals surface area (Å²) in [4.78, 5) is 33.0. The van der Waals surface area contributed by atoms with Gasteiger partial charge in [0.15, 0.2) is 5.60 Å². The number of halogens is 1. The zero-order chi connectivity index (χ0) is 14.8. The lowest BCUT2D eigenvalue weighted by Crippen LogP contribution is -2.43. The standard InChI is InChI=1S/C10H11BrN2O6/c1-10(16,9(15)19-2)5-12-4-6(11)3-7(8(12)14)13(17)18/h3-4,16H,5H2,1-2H3. The van der Waals surface area contributed by atoms with Gasteiger partial charge in [0.2, 0.25) is 0 Å². The van der Waals surface area contributed by atoms with Gasteiger partial charge in [0.1, 0.15) is 0 Å². The van der Waals surface area contributed by atoms with Crippen LogP contribution >= 0.6 is 15.9 Å². The number of carbonyl (C=O) groups excluding carboxylic acids is 1. The molecule has 0 radical (unpaired) electrons. The number of nitrogens with zero attached hydrogens (tertiary/aromatic N) is 2. The molecule has 0 aromatic carbocycles. The predicted octanol–water partition coefficient (Wildman–Crippen LogP) is 0.443. The number of rotatable bonds is 4. The highest BCUT2D eigenvalue weighted by atomic mass is 79.9. The minimum absolute atomic E-state index is 0.277. The summed E-state index contributed by atoms with van der Waals surface area (Å²) in [6.07, 6.45) is 1.24. The van der Waals surface area contributed by atoms with Crippen LogP contribution in [0.4, 0.5) is 5.69 Å². The summed E-state index contributed by atoms with van der Waals surface area (Å²) in [6, 6.07) is 1.05. The van der Waals surface area contributed by atoms with Crippen LogP contribution in [0.15, 0.2) is 21.5 Å². The highest BCUT2D eigenvalue weighted by Crippen LogP contribution is 2.16. The first kappa shape index (κ1) is 15.3. The first-order valence-corrected chi connectivity index (χ1v) is 5.83. The van der Waals surface area contributed by atoms with E-state index in [1.165, 1.54) is 6.20 Å². The average Bonchev–Trinajstić information content (AvgIpc) is 2.31. The molecular weight excluding hydrogens is 324 g/mol. The quantitative estimate of drug-likeness (QED) is 0.486. The van der Waals surface area contributed by atoms with Crippen LogP contribution in [-0.4, -0.2) is 33.3 Å². The fourth-order valence-electron chi connectivity index (χ4n) is 1.45. The fourth-order valence-corrected chi connectivity index (χ4v) is 1.91. The van der Waals surface area contributed by atoms with Crippen molar-refractivity contribution < 1.29 is 19.6 Å². The van der Waals surface area contributed by atoms with Crippen molar-refractivity contribution in [1.29, 1.82) is 0 Å². The van der Waals surface area contributed by atoms with Gasteiger partial charge in [-0.1, -0.05) is 0 Å². The van der Waals surface area contributed by atoms with Crippen LogP contribution in [-0.2, 0) is 16.1 Å². The summed E-state index contributed by atoms with van der Waals surface area (Å²) < 4.78 is 5.54. The Hall–Kier alpha value is -1.74. The van der Waals surface area contributed by atoms with Crippen molar-refractivity contribution in [2.45, 2.75) is 19.1 Å². The molecule has 104 valence electrons. The second-order valence-corrected chi connectivity index (χ2v) is 4.91. The van der Waals surface area contributed by atoms with Crippen molar-refractivity contribution in [3.05, 3.63) is 37.2 Å². The number of aromatic nitrogens is 1. The van der Waals surface area contributed by atoms with E-state index in [2.05, 4.69) is 20.7 Å². The number of hydrogen-bond donors (Lipinski definition) is 1. The molecule has 1 atom stereocenters. The van der Waals surface area contributed by atoms with Crippen LogP contribution in [0.25, 0.3) is 0 Å². The molecule has 0 aliphatic rings. The van der Waals surface area contributed by atoms with Crippen LogP contribution in [0.2, 0.25) is 0 Å². The van der Waals surface area contributed by atoms with Gasteiger partial charge in [-0.15, -0.1) is 0 Å². The van der Waals surface area contributed by atoms with Gasteiger partial charge < -0.3 is 14.4 Å². The van der Waals surface area contributed by atoms with Gasteiger partial charge in [0.25, 0.3) is 0 Å². The molecule has 0 saturated carbocycles. The van der Waals surface area contributed by atoms with E-state index in [1.807, 2.05) is 0 Å². The van der Waals surface area contributed by atoms with Crippen LogP contribution < -0.4 is 5.56 Å². The predicted molar refractivity (Wildman–Crippen MR) is 67.7 cm³/mol. The summed E-state index contributed by atoms with van der Waals surface area (Å²) in [6.45, 7) is 0.691. The molecule has 1 heterocycles. The van der Waals surface area contributed by atoms with Crippen molar-refractivity contribution in [2.75, 3.05) is 7.11 Å². The second kappa shape index (κ2) is 5.49. The third-order valence-corrected chi connectivity index (χ3v) is 2.77. The molecule has 0 aliphatic heterocycles. The molecule has 1 N–H and O–H groups in total. The molecule has 1 unspecified atom stereocenters. The van der Waals surface area contributed by atoms with Crippen LogP contribution in [0.3, 0.4) is 0 Å². The molecule has 9 heteroatoms. The summed E-state index contributed by atoms with van der Waals surface area (Å²) in [7, 11) is 1.09. The number of methoxy groups -OCH3 is 1. The molecule has 0 aliphatic carbocycles. The van der Waals surface area contributed by atoms with Crippen molar-refractivity contribution in [3.63, 3.8) is 0 Å². The molecule has 8 nitrogen and oxygen atoms in total. The number of nitro groups is 1. The van der Waals surface area contributed by atoms with E-state index in [4.69, 9.17) is 0 Å². The lowest BCUT2D eigenvalue weighted by atomic mass is 10.1. The number of pyridine rings is 1. The van der Waals surface area contributed by atoms with E-state index in [-0.39, 0.29) is 4.47 Å². The number of hydrogen-bond acceptors (Lipinski definition) is 6. The first-order valence-electron chi connectivity index (χ1n) is 5.04. The second-order valence-electron chi connectivity index (χ2n) is 4.00. The third kappa shape index (κ3) is 3.38. The van der Waals surface area contributed by atoms with Gasteiger partial charge in [0.05, 0.1) is 18.6 Å². The van der Waals surface area contributed by atoms with E-state index >= 15 is 0 Å². The Kier molecular flexibility index (Phi) is 4.43. The Morgan fingerprint density at radius 1 is 1.68 bits per heavy atom. The first-order chi connectivity index (χ1) is 8.69. The lowest BCUT2D eigenvalue weighted by Gasteiger charge is -2.21. The van der Waals surface area contributed by atoms with Gasteiger partial charge >= 0.3 is 17.2 Å². The SMILES string of the molecule is COC(=O)C(C)(O)Cn1cc(Br)cc([N+](=O)[O-])c1=O. The summed E-state index contributed by atoms with van der Waals surface area (Å²) in [5.41, 5.74) is -3.54. The minimum atomic E-state index is -1.97. The van der Waals surface area contributed by atoms with E-state index in [0.29, 0.717) is 0 Å². The largest absolute Gasteiger partial charge is 0.467 e. The van der Waals surface area contributed by atoms with Gasteiger partial charge in [-0.05, 0) is 22.9 Å². The van der Waals surface area contributed by atoms with Gasteiger partial charge in [-0.25, -0.2) is 4.79 Å². The Bertz CT molecular complexity index is 580. The minimum Gasteiger partial charge on any atom is -0.467 e. The maximum absolute atomic E-state index is 11.8. The van der Waals surface area contributed by atoms with Crippen molar-refractivity contribution in [3.8, 4) is 0 Å². The maximum atomic E-state index is 11.8. The topological polar surface area (TPSA) is 112 Å². The molecule has 0 saturated heterocycles. The summed E-state index contributed by atoms with van der Waals surface area (Å²) in [5.74, 6) is -0.943. The molecule has 1 aromatic heterocycles. The zero-order valence-corrected chi connectivity index (χ0v) is 11.7. The Balaban J connectivity index is 3.26. The van der Waals surface area contributed by atoms with E-state index in [0.717, 1.165) is 24.7 Å². The van der Waals surface area contributed by atoms with Gasteiger partial charge in [-0.2, -0.15) is 0 Å². The maximum Gasteiger partial charge on any atom is 0.339 e. The Morgan fingerprint density at radius 3 is 2.74 bits per heavy atom. The van der Waals surface area contributed by atoms with Crippen molar-refractivity contribution in [2.24, 2.45) is 0 Å². The smallest absolute Gasteiger partial charge is 0.339 e. The van der Waals surface area contributed by atoms with Crippen molar-refractivity contribution >= 4 is 27.6 Å². The highest BCUT2D eigenvalue weighted by Gasteiger charge is 2.33. The number of carbonyl (C=O) groups is 1. The zero-order valence-electron chi connectivity index (χ0n) is 10.1. The highest BCUT2D eigenvalue weighted by molar-refractivity contribution is 9.10. The molecule has 19 heavy (non-hydrogen) atoms. The van der Waals surface area contributed by atoms with Gasteiger partial charge in [-0.3, -0.25) is 14.9 Å². The molecule has 0 fully saturated rings. The third-order valence-electron chi connectivity index (χ3n) is 2.33. The summed E-state index contributed by atoms with van der Waals surface area (Å²) >= 11 is 3.02. The Labute approximate surface area is 115 Å². The number of aliphatic hydroxyl groups is 1. The fraction of sp³-hybridized carbons (Fsp3) is 0.400. The molecule has 0 amide bonds. The van der Waals surface area contributed by atoms with E-state index in [1.54, 1.807) is 0 Å².